The number of piperidine rings is 1. The van der Waals surface area contributed by atoms with Crippen LogP contribution in [0.5, 0.6) is 0 Å². The van der Waals surface area contributed by atoms with Gasteiger partial charge in [0.1, 0.15) is 0 Å². The molecule has 2 aliphatic rings. The van der Waals surface area contributed by atoms with E-state index in [-0.39, 0.29) is 17.9 Å². The summed E-state index contributed by atoms with van der Waals surface area (Å²) in [7, 11) is 0. The van der Waals surface area contributed by atoms with Crippen molar-refractivity contribution in [3.05, 3.63) is 54.1 Å². The molecule has 2 aliphatic heterocycles. The number of alkyl halides is 3. The number of amides is 1. The van der Waals surface area contributed by atoms with Crippen LogP contribution in [-0.2, 0) is 11.0 Å². The van der Waals surface area contributed by atoms with E-state index >= 15 is 0 Å². The molecule has 2 aromatic rings. The number of fused-ring (bicyclic) bond motifs is 3. The molecule has 1 amide bonds. The Labute approximate surface area is 160 Å². The summed E-state index contributed by atoms with van der Waals surface area (Å²) in [5, 5.41) is 8.95. The SMILES string of the molecule is O=C(NO)[C@H]1CCN2c3ccccc3N(c3ccc(C(F)(F)F)cc3)C[C@@H]2C1. The van der Waals surface area contributed by atoms with Crippen LogP contribution in [-0.4, -0.2) is 30.2 Å². The van der Waals surface area contributed by atoms with E-state index in [2.05, 4.69) is 4.90 Å². The maximum atomic E-state index is 12.9. The summed E-state index contributed by atoms with van der Waals surface area (Å²) in [6.07, 6.45) is -3.17. The van der Waals surface area contributed by atoms with Gasteiger partial charge in [0.2, 0.25) is 5.91 Å². The number of carbonyl (C=O) groups excluding carboxylic acids is 1. The van der Waals surface area contributed by atoms with Gasteiger partial charge in [-0.3, -0.25) is 10.0 Å². The average Bonchev–Trinajstić information content (AvgIpc) is 2.71. The first-order chi connectivity index (χ1) is 13.4. The number of halogens is 3. The van der Waals surface area contributed by atoms with Gasteiger partial charge in [-0.1, -0.05) is 12.1 Å². The largest absolute Gasteiger partial charge is 0.416 e. The summed E-state index contributed by atoms with van der Waals surface area (Å²) in [6, 6.07) is 12.9. The van der Waals surface area contributed by atoms with Crippen LogP contribution in [0.15, 0.2) is 48.5 Å². The molecule has 148 valence electrons. The number of carbonyl (C=O) groups is 1. The maximum Gasteiger partial charge on any atom is 0.416 e. The van der Waals surface area contributed by atoms with Crippen LogP contribution in [0.25, 0.3) is 0 Å². The molecule has 5 nitrogen and oxygen atoms in total. The van der Waals surface area contributed by atoms with Crippen molar-refractivity contribution in [3.63, 3.8) is 0 Å². The molecule has 0 radical (unpaired) electrons. The lowest BCUT2D eigenvalue weighted by Gasteiger charge is -2.48. The third-order valence-corrected chi connectivity index (χ3v) is 5.58. The normalized spacial score (nSPS) is 21.7. The van der Waals surface area contributed by atoms with Crippen molar-refractivity contribution in [2.24, 2.45) is 5.92 Å². The van der Waals surface area contributed by atoms with Gasteiger partial charge in [-0.15, -0.1) is 0 Å². The Morgan fingerprint density at radius 1 is 1.07 bits per heavy atom. The third-order valence-electron chi connectivity index (χ3n) is 5.58. The number of nitrogens with one attached hydrogen (secondary N) is 1. The number of benzene rings is 2. The van der Waals surface area contributed by atoms with Gasteiger partial charge >= 0.3 is 6.18 Å². The Bertz CT molecular complexity index is 870. The molecule has 1 saturated heterocycles. The van der Waals surface area contributed by atoms with Crippen molar-refractivity contribution in [2.75, 3.05) is 22.9 Å². The highest BCUT2D eigenvalue weighted by Gasteiger charge is 2.38. The van der Waals surface area contributed by atoms with Crippen molar-refractivity contribution in [1.82, 2.24) is 5.48 Å². The fourth-order valence-electron chi connectivity index (χ4n) is 4.19. The van der Waals surface area contributed by atoms with E-state index in [0.717, 1.165) is 23.5 Å². The Morgan fingerprint density at radius 2 is 1.75 bits per heavy atom. The molecule has 1 fully saturated rings. The van der Waals surface area contributed by atoms with E-state index in [1.807, 2.05) is 29.2 Å². The number of para-hydroxylation sites is 2. The number of rotatable bonds is 2. The summed E-state index contributed by atoms with van der Waals surface area (Å²) in [5.41, 5.74) is 3.67. The van der Waals surface area contributed by atoms with Gasteiger partial charge < -0.3 is 9.80 Å². The fraction of sp³-hybridized carbons (Fsp3) is 0.350. The number of anilines is 3. The number of hydrogen-bond acceptors (Lipinski definition) is 4. The Balaban J connectivity index is 1.67. The van der Waals surface area contributed by atoms with E-state index in [9.17, 15) is 18.0 Å². The van der Waals surface area contributed by atoms with Crippen molar-refractivity contribution in [2.45, 2.75) is 25.1 Å². The molecule has 4 rings (SSSR count). The first kappa shape index (κ1) is 18.6. The van der Waals surface area contributed by atoms with E-state index < -0.39 is 11.7 Å². The minimum absolute atomic E-state index is 0.0215. The molecule has 0 spiro atoms. The smallest absolute Gasteiger partial charge is 0.365 e. The average molecular weight is 391 g/mol. The monoisotopic (exact) mass is 391 g/mol. The zero-order valence-corrected chi connectivity index (χ0v) is 15.0. The Morgan fingerprint density at radius 3 is 2.39 bits per heavy atom. The van der Waals surface area contributed by atoms with E-state index in [0.29, 0.717) is 31.6 Å². The van der Waals surface area contributed by atoms with Crippen molar-refractivity contribution in [3.8, 4) is 0 Å². The van der Waals surface area contributed by atoms with Crippen molar-refractivity contribution < 1.29 is 23.2 Å². The van der Waals surface area contributed by atoms with Gasteiger partial charge in [-0.2, -0.15) is 13.2 Å². The van der Waals surface area contributed by atoms with Crippen LogP contribution >= 0.6 is 0 Å². The van der Waals surface area contributed by atoms with Crippen LogP contribution in [0.4, 0.5) is 30.2 Å². The molecule has 2 N–H and O–H groups in total. The third kappa shape index (κ3) is 3.28. The van der Waals surface area contributed by atoms with Crippen molar-refractivity contribution in [1.29, 1.82) is 0 Å². The molecule has 2 aromatic carbocycles. The number of nitrogens with zero attached hydrogens (tertiary/aromatic N) is 2. The van der Waals surface area contributed by atoms with Gasteiger partial charge in [-0.05, 0) is 49.2 Å². The van der Waals surface area contributed by atoms with Gasteiger partial charge in [-0.25, -0.2) is 5.48 Å². The number of hydrogen-bond donors (Lipinski definition) is 2. The lowest BCUT2D eigenvalue weighted by atomic mass is 9.87. The first-order valence-electron chi connectivity index (χ1n) is 9.13. The highest BCUT2D eigenvalue weighted by molar-refractivity contribution is 5.82. The summed E-state index contributed by atoms with van der Waals surface area (Å²) >= 11 is 0. The van der Waals surface area contributed by atoms with Gasteiger partial charge in [0, 0.05) is 30.7 Å². The number of hydroxylamine groups is 1. The van der Waals surface area contributed by atoms with Crippen molar-refractivity contribution >= 4 is 23.0 Å². The molecule has 0 aliphatic carbocycles. The quantitative estimate of drug-likeness (QED) is 0.601. The van der Waals surface area contributed by atoms with Gasteiger partial charge in [0.05, 0.1) is 16.9 Å². The predicted octanol–water partition coefficient (Wildman–Crippen LogP) is 3.95. The molecule has 0 saturated carbocycles. The molecule has 2 heterocycles. The topological polar surface area (TPSA) is 55.8 Å². The van der Waals surface area contributed by atoms with Gasteiger partial charge in [0.15, 0.2) is 0 Å². The second-order valence-corrected chi connectivity index (χ2v) is 7.19. The van der Waals surface area contributed by atoms with E-state index in [1.165, 1.54) is 12.1 Å². The second kappa shape index (κ2) is 7.01. The van der Waals surface area contributed by atoms with Gasteiger partial charge in [0.25, 0.3) is 0 Å². The summed E-state index contributed by atoms with van der Waals surface area (Å²) in [5.74, 6) is -0.675. The molecular weight excluding hydrogens is 371 g/mol. The second-order valence-electron chi connectivity index (χ2n) is 7.19. The minimum atomic E-state index is -4.37. The first-order valence-corrected chi connectivity index (χ1v) is 9.13. The molecular formula is C20H20F3N3O2. The summed E-state index contributed by atoms with van der Waals surface area (Å²) in [4.78, 5) is 16.1. The molecule has 8 heteroatoms. The molecule has 0 unspecified atom stereocenters. The maximum absolute atomic E-state index is 12.9. The molecule has 0 bridgehead atoms. The lowest BCUT2D eigenvalue weighted by Crippen LogP contribution is -2.53. The van der Waals surface area contributed by atoms with Crippen LogP contribution < -0.4 is 15.3 Å². The van der Waals surface area contributed by atoms with Crippen LogP contribution in [0, 0.1) is 5.92 Å². The standard InChI is InChI=1S/C20H20F3N3O2/c21-20(22,23)14-5-7-15(8-6-14)26-12-16-11-13(19(27)24-28)9-10-25(16)17-3-1-2-4-18(17)26/h1-8,13,16,28H,9-12H2,(H,24,27)/t13-,16-/m0/s1. The Kier molecular flexibility index (Phi) is 4.66. The summed E-state index contributed by atoms with van der Waals surface area (Å²) in [6.45, 7) is 1.23. The lowest BCUT2D eigenvalue weighted by molar-refractivity contribution is -0.137. The van der Waals surface area contributed by atoms with E-state index in [1.54, 1.807) is 5.48 Å². The van der Waals surface area contributed by atoms with E-state index in [4.69, 9.17) is 5.21 Å². The zero-order chi connectivity index (χ0) is 19.9. The summed E-state index contributed by atoms with van der Waals surface area (Å²) < 4.78 is 38.7. The van der Waals surface area contributed by atoms with Crippen LogP contribution in [0.1, 0.15) is 18.4 Å². The Hall–Kier alpha value is -2.74. The highest BCUT2D eigenvalue weighted by Crippen LogP contribution is 2.43. The molecule has 2 atom stereocenters. The fourth-order valence-corrected chi connectivity index (χ4v) is 4.19. The van der Waals surface area contributed by atoms with Crippen LogP contribution in [0.3, 0.4) is 0 Å². The highest BCUT2D eigenvalue weighted by atomic mass is 19.4. The zero-order valence-electron chi connectivity index (χ0n) is 15.0. The molecule has 28 heavy (non-hydrogen) atoms. The van der Waals surface area contributed by atoms with Crippen LogP contribution in [0.2, 0.25) is 0 Å². The minimum Gasteiger partial charge on any atom is -0.365 e. The molecule has 0 aromatic heterocycles. The predicted molar refractivity (Wildman–Crippen MR) is 98.7 cm³/mol.